The molecule has 1 atom stereocenters. The van der Waals surface area contributed by atoms with Crippen LogP contribution < -0.4 is 5.32 Å². The Hall–Kier alpha value is -1.43. The van der Waals surface area contributed by atoms with E-state index in [1.54, 1.807) is 10.9 Å². The zero-order valence-electron chi connectivity index (χ0n) is 12.5. The summed E-state index contributed by atoms with van der Waals surface area (Å²) in [5, 5.41) is 20.2. The predicted octanol–water partition coefficient (Wildman–Crippen LogP) is 1.31. The minimum atomic E-state index is -0.258. The Labute approximate surface area is 119 Å². The molecule has 6 nitrogen and oxygen atoms in total. The maximum absolute atomic E-state index is 12.2. The summed E-state index contributed by atoms with van der Waals surface area (Å²) in [6.45, 7) is 5.97. The maximum Gasteiger partial charge on any atom is 0.273 e. The van der Waals surface area contributed by atoms with E-state index in [-0.39, 0.29) is 24.1 Å². The van der Waals surface area contributed by atoms with Crippen molar-refractivity contribution < 1.29 is 9.90 Å². The molecular weight excluding hydrogens is 256 g/mol. The molecule has 6 heteroatoms. The van der Waals surface area contributed by atoms with Crippen molar-refractivity contribution in [2.75, 3.05) is 6.61 Å². The fourth-order valence-electron chi connectivity index (χ4n) is 2.61. The molecule has 0 bridgehead atoms. The zero-order valence-corrected chi connectivity index (χ0v) is 12.5. The molecule has 0 radical (unpaired) electrons. The highest BCUT2D eigenvalue weighted by Gasteiger charge is 2.27. The molecule has 2 N–H and O–H groups in total. The van der Waals surface area contributed by atoms with Gasteiger partial charge in [-0.1, -0.05) is 18.1 Å². The number of hydrogen-bond donors (Lipinski definition) is 2. The van der Waals surface area contributed by atoms with Gasteiger partial charge in [0, 0.05) is 0 Å². The number of amides is 1. The maximum atomic E-state index is 12.2. The van der Waals surface area contributed by atoms with Crippen molar-refractivity contribution in [3.05, 3.63) is 11.9 Å². The van der Waals surface area contributed by atoms with E-state index in [0.29, 0.717) is 11.6 Å². The van der Waals surface area contributed by atoms with E-state index in [4.69, 9.17) is 0 Å². The third-order valence-corrected chi connectivity index (χ3v) is 3.90. The summed E-state index contributed by atoms with van der Waals surface area (Å²) in [4.78, 5) is 12.2. The van der Waals surface area contributed by atoms with Gasteiger partial charge >= 0.3 is 0 Å². The van der Waals surface area contributed by atoms with Crippen LogP contribution in [0.5, 0.6) is 0 Å². The van der Waals surface area contributed by atoms with Gasteiger partial charge in [-0.15, -0.1) is 5.10 Å². The van der Waals surface area contributed by atoms with Crippen molar-refractivity contribution in [1.29, 1.82) is 0 Å². The first-order valence-electron chi connectivity index (χ1n) is 7.26. The number of aliphatic hydroxyl groups is 1. The van der Waals surface area contributed by atoms with Crippen molar-refractivity contribution in [2.24, 2.45) is 5.92 Å². The van der Waals surface area contributed by atoms with E-state index in [1.807, 2.05) is 20.8 Å². The average Bonchev–Trinajstić information content (AvgIpc) is 3.04. The van der Waals surface area contributed by atoms with E-state index >= 15 is 0 Å². The van der Waals surface area contributed by atoms with Crippen molar-refractivity contribution in [3.8, 4) is 0 Å². The van der Waals surface area contributed by atoms with Crippen LogP contribution in [0, 0.1) is 5.92 Å². The first-order valence-corrected chi connectivity index (χ1v) is 7.26. The molecule has 1 aromatic rings. The van der Waals surface area contributed by atoms with Gasteiger partial charge in [0.2, 0.25) is 0 Å². The van der Waals surface area contributed by atoms with Gasteiger partial charge < -0.3 is 10.4 Å². The van der Waals surface area contributed by atoms with Crippen LogP contribution in [0.15, 0.2) is 6.20 Å². The fourth-order valence-corrected chi connectivity index (χ4v) is 2.61. The van der Waals surface area contributed by atoms with Gasteiger partial charge in [-0.05, 0) is 39.5 Å². The number of aromatic nitrogens is 3. The molecule has 2 rings (SSSR count). The first-order chi connectivity index (χ1) is 9.41. The van der Waals surface area contributed by atoms with Gasteiger partial charge in [-0.25, -0.2) is 4.68 Å². The summed E-state index contributed by atoms with van der Waals surface area (Å²) in [5.41, 5.74) is 0.101. The Balaban J connectivity index is 2.01. The lowest BCUT2D eigenvalue weighted by atomic mass is 9.99. The van der Waals surface area contributed by atoms with Crippen LogP contribution in [-0.4, -0.2) is 38.7 Å². The summed E-state index contributed by atoms with van der Waals surface area (Å²) >= 11 is 0. The second-order valence-electron chi connectivity index (χ2n) is 6.53. The Bertz CT molecular complexity index is 458. The molecule has 0 spiro atoms. The lowest BCUT2D eigenvalue weighted by Crippen LogP contribution is -2.42. The Morgan fingerprint density at radius 3 is 2.65 bits per heavy atom. The van der Waals surface area contributed by atoms with Gasteiger partial charge in [0.15, 0.2) is 5.69 Å². The SMILES string of the molecule is CC(C)(C)n1cc(C(=O)NC(CO)C2CCCC2)nn1. The third-order valence-electron chi connectivity index (χ3n) is 3.90. The number of carbonyl (C=O) groups excluding carboxylic acids is 1. The highest BCUT2D eigenvalue weighted by Crippen LogP contribution is 2.27. The highest BCUT2D eigenvalue weighted by atomic mass is 16.3. The molecule has 1 fully saturated rings. The lowest BCUT2D eigenvalue weighted by molar-refractivity contribution is 0.0884. The molecule has 1 aromatic heterocycles. The number of nitrogens with zero attached hydrogens (tertiary/aromatic N) is 3. The molecule has 1 saturated carbocycles. The number of hydrogen-bond acceptors (Lipinski definition) is 4. The van der Waals surface area contributed by atoms with Crippen molar-refractivity contribution in [1.82, 2.24) is 20.3 Å². The van der Waals surface area contributed by atoms with Gasteiger partial charge in [0.05, 0.1) is 24.4 Å². The van der Waals surface area contributed by atoms with Crippen LogP contribution in [0.2, 0.25) is 0 Å². The topological polar surface area (TPSA) is 80.0 Å². The van der Waals surface area contributed by atoms with Crippen molar-refractivity contribution in [2.45, 2.75) is 58.0 Å². The normalized spacial score (nSPS) is 18.2. The predicted molar refractivity (Wildman–Crippen MR) is 75.3 cm³/mol. The third kappa shape index (κ3) is 3.36. The molecule has 20 heavy (non-hydrogen) atoms. The van der Waals surface area contributed by atoms with Crippen LogP contribution >= 0.6 is 0 Å². The minimum absolute atomic E-state index is 0.0240. The van der Waals surface area contributed by atoms with Crippen LogP contribution in [0.25, 0.3) is 0 Å². The molecule has 1 aliphatic carbocycles. The Kier molecular flexibility index (Phi) is 4.42. The zero-order chi connectivity index (χ0) is 14.8. The van der Waals surface area contributed by atoms with Crippen LogP contribution in [-0.2, 0) is 5.54 Å². The van der Waals surface area contributed by atoms with Crippen LogP contribution in [0.3, 0.4) is 0 Å². The summed E-state index contributed by atoms with van der Waals surface area (Å²) in [7, 11) is 0. The van der Waals surface area contributed by atoms with Gasteiger partial charge in [-0.2, -0.15) is 0 Å². The molecule has 0 aromatic carbocycles. The molecule has 1 unspecified atom stereocenters. The summed E-state index contributed by atoms with van der Waals surface area (Å²) in [6, 6.07) is -0.176. The van der Waals surface area contributed by atoms with E-state index in [9.17, 15) is 9.90 Å². The minimum Gasteiger partial charge on any atom is -0.394 e. The molecule has 1 amide bonds. The first kappa shape index (κ1) is 15.0. The lowest BCUT2D eigenvalue weighted by Gasteiger charge is -2.22. The second kappa shape index (κ2) is 5.91. The summed E-state index contributed by atoms with van der Waals surface area (Å²) in [6.07, 6.45) is 6.15. The standard InChI is InChI=1S/C14H24N4O2/c1-14(2,3)18-8-11(16-17-18)13(20)15-12(9-19)10-6-4-5-7-10/h8,10,12,19H,4-7,9H2,1-3H3,(H,15,20). The van der Waals surface area contributed by atoms with E-state index < -0.39 is 0 Å². The van der Waals surface area contributed by atoms with Crippen molar-refractivity contribution >= 4 is 5.91 Å². The van der Waals surface area contributed by atoms with Crippen LogP contribution in [0.1, 0.15) is 56.9 Å². The molecule has 1 heterocycles. The second-order valence-corrected chi connectivity index (χ2v) is 6.53. The van der Waals surface area contributed by atoms with E-state index in [0.717, 1.165) is 12.8 Å². The molecule has 0 aliphatic heterocycles. The van der Waals surface area contributed by atoms with Gasteiger partial charge in [-0.3, -0.25) is 4.79 Å². The largest absolute Gasteiger partial charge is 0.394 e. The van der Waals surface area contributed by atoms with Gasteiger partial charge in [0.25, 0.3) is 5.91 Å². The quantitative estimate of drug-likeness (QED) is 0.871. The van der Waals surface area contributed by atoms with Crippen molar-refractivity contribution in [3.63, 3.8) is 0 Å². The number of rotatable bonds is 4. The fraction of sp³-hybridized carbons (Fsp3) is 0.786. The molecule has 112 valence electrons. The number of aliphatic hydroxyl groups excluding tert-OH is 1. The van der Waals surface area contributed by atoms with E-state index in [1.165, 1.54) is 12.8 Å². The van der Waals surface area contributed by atoms with E-state index in [2.05, 4.69) is 15.6 Å². The number of carbonyl (C=O) groups is 1. The highest BCUT2D eigenvalue weighted by molar-refractivity contribution is 5.92. The molecule has 1 aliphatic rings. The summed E-state index contributed by atoms with van der Waals surface area (Å²) in [5.74, 6) is 0.119. The monoisotopic (exact) mass is 280 g/mol. The molecule has 0 saturated heterocycles. The van der Waals surface area contributed by atoms with Crippen LogP contribution in [0.4, 0.5) is 0 Å². The Morgan fingerprint density at radius 1 is 1.50 bits per heavy atom. The smallest absolute Gasteiger partial charge is 0.273 e. The summed E-state index contributed by atoms with van der Waals surface area (Å²) < 4.78 is 1.67. The number of nitrogens with one attached hydrogen (secondary N) is 1. The van der Waals surface area contributed by atoms with Gasteiger partial charge in [0.1, 0.15) is 0 Å². The Morgan fingerprint density at radius 2 is 2.15 bits per heavy atom. The molecular formula is C14H24N4O2. The average molecular weight is 280 g/mol.